The number of nitrogens with zero attached hydrogens (tertiary/aromatic N) is 1. The topological polar surface area (TPSA) is 40.5 Å². The Hall–Kier alpha value is -0.410. The van der Waals surface area contributed by atoms with Crippen molar-refractivity contribution < 1.29 is 9.90 Å². The third kappa shape index (κ3) is 5.01. The third-order valence-corrected chi connectivity index (χ3v) is 2.40. The number of hydrogen-bond acceptors (Lipinski definition) is 3. The maximum absolute atomic E-state index is 11.5. The summed E-state index contributed by atoms with van der Waals surface area (Å²) >= 11 is 0. The lowest BCUT2D eigenvalue weighted by atomic mass is 10.0. The van der Waals surface area contributed by atoms with Gasteiger partial charge in [-0.2, -0.15) is 0 Å². The van der Waals surface area contributed by atoms with Crippen molar-refractivity contribution in [3.8, 4) is 0 Å². The van der Waals surface area contributed by atoms with Gasteiger partial charge in [-0.25, -0.2) is 0 Å². The molecule has 1 N–H and O–H groups in total. The van der Waals surface area contributed by atoms with Crippen LogP contribution in [0.1, 0.15) is 27.2 Å². The second-order valence-electron chi connectivity index (χ2n) is 3.37. The number of carbonyl (C=O) groups excluding carboxylic acids is 1. The number of hydrogen-bond donors (Lipinski definition) is 1. The molecule has 0 heterocycles. The van der Waals surface area contributed by atoms with Crippen LogP contribution in [0.3, 0.4) is 0 Å². The summed E-state index contributed by atoms with van der Waals surface area (Å²) in [7, 11) is 0. The van der Waals surface area contributed by atoms with Gasteiger partial charge in [0.15, 0.2) is 0 Å². The maximum Gasteiger partial charge on any atom is 0.149 e. The number of ketones is 1. The van der Waals surface area contributed by atoms with E-state index in [1.807, 2.05) is 25.7 Å². The molecule has 0 saturated heterocycles. The van der Waals surface area contributed by atoms with Crippen molar-refractivity contribution in [1.29, 1.82) is 0 Å². The van der Waals surface area contributed by atoms with Gasteiger partial charge in [0.05, 0.1) is 13.2 Å². The molecule has 0 bridgehead atoms. The Morgan fingerprint density at radius 1 is 1.46 bits per heavy atom. The smallest absolute Gasteiger partial charge is 0.149 e. The van der Waals surface area contributed by atoms with E-state index in [0.29, 0.717) is 13.1 Å². The van der Waals surface area contributed by atoms with Gasteiger partial charge >= 0.3 is 0 Å². The van der Waals surface area contributed by atoms with Crippen molar-refractivity contribution in [2.75, 3.05) is 26.2 Å². The van der Waals surface area contributed by atoms with Crippen LogP contribution in [0.5, 0.6) is 0 Å². The maximum atomic E-state index is 11.5. The first kappa shape index (κ1) is 12.6. The van der Waals surface area contributed by atoms with E-state index in [1.165, 1.54) is 0 Å². The summed E-state index contributed by atoms with van der Waals surface area (Å²) in [5, 5.41) is 8.72. The minimum absolute atomic E-state index is 0.127. The number of aliphatic hydroxyl groups excluding tert-OH is 1. The molecule has 13 heavy (non-hydrogen) atoms. The molecule has 0 rings (SSSR count). The molecule has 0 aromatic rings. The Kier molecular flexibility index (Phi) is 6.82. The summed E-state index contributed by atoms with van der Waals surface area (Å²) in [6.07, 6.45) is 0.898. The SMILES string of the molecule is CCC(C)C(=O)CN(CC)CCO. The van der Waals surface area contributed by atoms with Gasteiger partial charge in [0, 0.05) is 12.5 Å². The molecule has 0 saturated carbocycles. The molecule has 0 aliphatic carbocycles. The lowest BCUT2D eigenvalue weighted by Crippen LogP contribution is -2.34. The van der Waals surface area contributed by atoms with Crippen LogP contribution in [0.2, 0.25) is 0 Å². The summed E-state index contributed by atoms with van der Waals surface area (Å²) in [5.41, 5.74) is 0. The molecule has 3 heteroatoms. The van der Waals surface area contributed by atoms with E-state index in [-0.39, 0.29) is 18.3 Å². The molecule has 0 spiro atoms. The van der Waals surface area contributed by atoms with Gasteiger partial charge in [-0.15, -0.1) is 0 Å². The molecule has 0 aliphatic rings. The number of likely N-dealkylation sites (N-methyl/N-ethyl adjacent to an activating group) is 1. The van der Waals surface area contributed by atoms with Gasteiger partial charge in [-0.3, -0.25) is 9.69 Å². The standard InChI is InChI=1S/C10H21NO2/c1-4-9(3)10(13)8-11(5-2)6-7-12/h9,12H,4-8H2,1-3H3. The predicted molar refractivity (Wildman–Crippen MR) is 53.7 cm³/mol. The minimum atomic E-state index is 0.127. The molecule has 1 unspecified atom stereocenters. The average Bonchev–Trinajstić information content (AvgIpc) is 2.15. The molecule has 0 fully saturated rings. The Bertz CT molecular complexity index is 148. The van der Waals surface area contributed by atoms with Crippen molar-refractivity contribution in [2.24, 2.45) is 5.92 Å². The number of carbonyl (C=O) groups is 1. The first-order valence-corrected chi connectivity index (χ1v) is 5.01. The van der Waals surface area contributed by atoms with Crippen LogP contribution in [0.25, 0.3) is 0 Å². The minimum Gasteiger partial charge on any atom is -0.395 e. The van der Waals surface area contributed by atoms with E-state index in [9.17, 15) is 4.79 Å². The molecule has 78 valence electrons. The second-order valence-corrected chi connectivity index (χ2v) is 3.37. The quantitative estimate of drug-likeness (QED) is 0.644. The lowest BCUT2D eigenvalue weighted by molar-refractivity contribution is -0.123. The first-order valence-electron chi connectivity index (χ1n) is 5.01. The average molecular weight is 187 g/mol. The summed E-state index contributed by atoms with van der Waals surface area (Å²) in [4.78, 5) is 13.5. The van der Waals surface area contributed by atoms with Crippen molar-refractivity contribution >= 4 is 5.78 Å². The van der Waals surface area contributed by atoms with Crippen LogP contribution in [0.15, 0.2) is 0 Å². The van der Waals surface area contributed by atoms with E-state index >= 15 is 0 Å². The first-order chi connectivity index (χ1) is 6.15. The fraction of sp³-hybridized carbons (Fsp3) is 0.900. The molecule has 1 atom stereocenters. The summed E-state index contributed by atoms with van der Waals surface area (Å²) in [6, 6.07) is 0. The van der Waals surface area contributed by atoms with E-state index in [1.54, 1.807) is 0 Å². The van der Waals surface area contributed by atoms with Crippen LogP contribution < -0.4 is 0 Å². The van der Waals surface area contributed by atoms with Crippen molar-refractivity contribution in [1.82, 2.24) is 4.90 Å². The molecule has 0 amide bonds. The fourth-order valence-electron chi connectivity index (χ4n) is 1.09. The highest BCUT2D eigenvalue weighted by molar-refractivity contribution is 5.82. The molecule has 0 radical (unpaired) electrons. The largest absolute Gasteiger partial charge is 0.395 e. The lowest BCUT2D eigenvalue weighted by Gasteiger charge is -2.19. The van der Waals surface area contributed by atoms with Crippen molar-refractivity contribution in [3.63, 3.8) is 0 Å². The molecular formula is C10H21NO2. The highest BCUT2D eigenvalue weighted by Gasteiger charge is 2.13. The Balaban J connectivity index is 3.85. The van der Waals surface area contributed by atoms with E-state index in [4.69, 9.17) is 5.11 Å². The molecule has 0 aromatic carbocycles. The zero-order valence-corrected chi connectivity index (χ0v) is 8.92. The number of Topliss-reactive ketones (excluding diaryl/α,β-unsaturated/α-hetero) is 1. The predicted octanol–water partition coefficient (Wildman–Crippen LogP) is 0.916. The Morgan fingerprint density at radius 2 is 2.08 bits per heavy atom. The summed E-state index contributed by atoms with van der Waals surface area (Å²) in [6.45, 7) is 7.99. The van der Waals surface area contributed by atoms with E-state index < -0.39 is 0 Å². The zero-order valence-electron chi connectivity index (χ0n) is 8.92. The number of rotatable bonds is 7. The molecule has 3 nitrogen and oxygen atoms in total. The molecule has 0 aliphatic heterocycles. The van der Waals surface area contributed by atoms with Crippen LogP contribution in [-0.2, 0) is 4.79 Å². The number of aliphatic hydroxyl groups is 1. The Labute approximate surface area is 80.7 Å². The van der Waals surface area contributed by atoms with Crippen LogP contribution in [0.4, 0.5) is 0 Å². The normalized spacial score (nSPS) is 13.3. The molecular weight excluding hydrogens is 166 g/mol. The highest BCUT2D eigenvalue weighted by atomic mass is 16.3. The van der Waals surface area contributed by atoms with Gasteiger partial charge in [0.1, 0.15) is 5.78 Å². The third-order valence-electron chi connectivity index (χ3n) is 2.40. The zero-order chi connectivity index (χ0) is 10.3. The van der Waals surface area contributed by atoms with Crippen LogP contribution in [0, 0.1) is 5.92 Å². The molecule has 0 aromatic heterocycles. The Morgan fingerprint density at radius 3 is 2.46 bits per heavy atom. The fourth-order valence-corrected chi connectivity index (χ4v) is 1.09. The van der Waals surface area contributed by atoms with E-state index in [0.717, 1.165) is 13.0 Å². The van der Waals surface area contributed by atoms with Gasteiger partial charge in [0.25, 0.3) is 0 Å². The van der Waals surface area contributed by atoms with Crippen LogP contribution in [-0.4, -0.2) is 42.0 Å². The summed E-state index contributed by atoms with van der Waals surface area (Å²) < 4.78 is 0. The van der Waals surface area contributed by atoms with Gasteiger partial charge < -0.3 is 5.11 Å². The van der Waals surface area contributed by atoms with Crippen molar-refractivity contribution in [3.05, 3.63) is 0 Å². The van der Waals surface area contributed by atoms with Gasteiger partial charge in [-0.1, -0.05) is 20.8 Å². The van der Waals surface area contributed by atoms with Crippen LogP contribution >= 0.6 is 0 Å². The van der Waals surface area contributed by atoms with Crippen molar-refractivity contribution in [2.45, 2.75) is 27.2 Å². The highest BCUT2D eigenvalue weighted by Crippen LogP contribution is 2.03. The van der Waals surface area contributed by atoms with Gasteiger partial charge in [0.2, 0.25) is 0 Å². The summed E-state index contributed by atoms with van der Waals surface area (Å²) in [5.74, 6) is 0.422. The second kappa shape index (κ2) is 7.04. The van der Waals surface area contributed by atoms with Gasteiger partial charge in [-0.05, 0) is 13.0 Å². The monoisotopic (exact) mass is 187 g/mol. The van der Waals surface area contributed by atoms with E-state index in [2.05, 4.69) is 0 Å².